The predicted octanol–water partition coefficient (Wildman–Crippen LogP) is 3.68. The molecule has 0 saturated carbocycles. The van der Waals surface area contributed by atoms with Gasteiger partial charge in [0.1, 0.15) is 0 Å². The number of rotatable bonds is 6. The number of carbonyl (C=O) groups is 1. The molecule has 0 aliphatic rings. The number of halogens is 2. The number of amides is 1. The minimum absolute atomic E-state index is 0.0965. The molecule has 24 heavy (non-hydrogen) atoms. The van der Waals surface area contributed by atoms with Crippen LogP contribution in [0.5, 0.6) is 0 Å². The van der Waals surface area contributed by atoms with Crippen LogP contribution in [0.1, 0.15) is 18.5 Å². The van der Waals surface area contributed by atoms with Gasteiger partial charge in [-0.1, -0.05) is 23.7 Å². The highest BCUT2D eigenvalue weighted by Crippen LogP contribution is 2.21. The molecule has 2 aromatic rings. The van der Waals surface area contributed by atoms with Gasteiger partial charge in [-0.2, -0.15) is 4.39 Å². The van der Waals surface area contributed by atoms with Crippen molar-refractivity contribution in [3.63, 3.8) is 0 Å². The Labute approximate surface area is 142 Å². The van der Waals surface area contributed by atoms with Crippen molar-refractivity contribution < 1.29 is 14.1 Å². The summed E-state index contributed by atoms with van der Waals surface area (Å²) in [7, 11) is 0. The van der Waals surface area contributed by atoms with E-state index >= 15 is 0 Å². The van der Waals surface area contributed by atoms with Crippen molar-refractivity contribution in [2.45, 2.75) is 13.0 Å². The third-order valence-electron chi connectivity index (χ3n) is 3.34. The molecular formula is C16H15ClFN3O3. The maximum absolute atomic E-state index is 13.2. The zero-order valence-corrected chi connectivity index (χ0v) is 13.5. The van der Waals surface area contributed by atoms with Gasteiger partial charge in [-0.25, -0.2) is 0 Å². The SMILES string of the molecule is CC(NC(=O)CNc1ccc(F)c([N+](=O)[O-])c1)c1ccc(Cl)cc1. The molecule has 0 aliphatic carbocycles. The fourth-order valence-corrected chi connectivity index (χ4v) is 2.20. The Morgan fingerprint density at radius 2 is 1.96 bits per heavy atom. The normalized spacial score (nSPS) is 11.6. The number of carbonyl (C=O) groups excluding carboxylic acids is 1. The number of benzene rings is 2. The van der Waals surface area contributed by atoms with E-state index in [-0.39, 0.29) is 24.2 Å². The molecule has 126 valence electrons. The second-order valence-electron chi connectivity index (χ2n) is 5.12. The van der Waals surface area contributed by atoms with Crippen LogP contribution in [0, 0.1) is 15.9 Å². The van der Waals surface area contributed by atoms with Gasteiger partial charge in [0, 0.05) is 16.8 Å². The number of nitro groups is 1. The van der Waals surface area contributed by atoms with Gasteiger partial charge in [0.15, 0.2) is 0 Å². The first-order chi connectivity index (χ1) is 11.4. The smallest absolute Gasteiger partial charge is 0.306 e. The average Bonchev–Trinajstić information content (AvgIpc) is 2.54. The number of nitro benzene ring substituents is 1. The molecule has 0 aliphatic heterocycles. The van der Waals surface area contributed by atoms with Crippen molar-refractivity contribution in [2.75, 3.05) is 11.9 Å². The summed E-state index contributed by atoms with van der Waals surface area (Å²) in [6.07, 6.45) is 0. The molecule has 2 rings (SSSR count). The number of anilines is 1. The van der Waals surface area contributed by atoms with Gasteiger partial charge in [0.05, 0.1) is 17.5 Å². The van der Waals surface area contributed by atoms with E-state index < -0.39 is 16.4 Å². The first-order valence-electron chi connectivity index (χ1n) is 7.09. The van der Waals surface area contributed by atoms with Crippen LogP contribution in [0.2, 0.25) is 5.02 Å². The molecule has 1 amide bonds. The molecule has 0 saturated heterocycles. The fraction of sp³-hybridized carbons (Fsp3) is 0.188. The summed E-state index contributed by atoms with van der Waals surface area (Å²) in [5, 5.41) is 16.8. The van der Waals surface area contributed by atoms with Gasteiger partial charge in [-0.05, 0) is 36.8 Å². The number of hydrogen-bond acceptors (Lipinski definition) is 4. The summed E-state index contributed by atoms with van der Waals surface area (Å²) >= 11 is 5.81. The molecular weight excluding hydrogens is 337 g/mol. The highest BCUT2D eigenvalue weighted by molar-refractivity contribution is 6.30. The van der Waals surface area contributed by atoms with Gasteiger partial charge in [0.2, 0.25) is 11.7 Å². The van der Waals surface area contributed by atoms with Crippen molar-refractivity contribution in [1.82, 2.24) is 5.32 Å². The van der Waals surface area contributed by atoms with E-state index in [4.69, 9.17) is 11.6 Å². The van der Waals surface area contributed by atoms with Crippen LogP contribution in [0.4, 0.5) is 15.8 Å². The van der Waals surface area contributed by atoms with E-state index in [1.165, 1.54) is 6.07 Å². The summed E-state index contributed by atoms with van der Waals surface area (Å²) in [6, 6.07) is 10.2. The van der Waals surface area contributed by atoms with Crippen LogP contribution < -0.4 is 10.6 Å². The monoisotopic (exact) mass is 351 g/mol. The van der Waals surface area contributed by atoms with Gasteiger partial charge in [0.25, 0.3) is 0 Å². The molecule has 0 bridgehead atoms. The zero-order chi connectivity index (χ0) is 17.7. The molecule has 8 heteroatoms. The Hall–Kier alpha value is -2.67. The maximum Gasteiger partial charge on any atom is 0.306 e. The van der Waals surface area contributed by atoms with Gasteiger partial charge >= 0.3 is 5.69 Å². The molecule has 2 aromatic carbocycles. The molecule has 6 nitrogen and oxygen atoms in total. The van der Waals surface area contributed by atoms with E-state index in [0.717, 1.165) is 17.7 Å². The predicted molar refractivity (Wildman–Crippen MR) is 89.6 cm³/mol. The van der Waals surface area contributed by atoms with Crippen molar-refractivity contribution in [1.29, 1.82) is 0 Å². The van der Waals surface area contributed by atoms with E-state index in [1.807, 2.05) is 19.1 Å². The minimum Gasteiger partial charge on any atom is -0.376 e. The second kappa shape index (κ2) is 7.74. The lowest BCUT2D eigenvalue weighted by atomic mass is 10.1. The molecule has 1 unspecified atom stereocenters. The first-order valence-corrected chi connectivity index (χ1v) is 7.47. The summed E-state index contributed by atoms with van der Waals surface area (Å²) in [5.41, 5.74) is 0.539. The van der Waals surface area contributed by atoms with Crippen LogP contribution in [0.15, 0.2) is 42.5 Å². The number of nitrogens with zero attached hydrogens (tertiary/aromatic N) is 1. The van der Waals surface area contributed by atoms with Gasteiger partial charge in [-0.3, -0.25) is 14.9 Å². The quantitative estimate of drug-likeness (QED) is 0.614. The largest absolute Gasteiger partial charge is 0.376 e. The van der Waals surface area contributed by atoms with Crippen LogP contribution in [-0.2, 0) is 4.79 Å². The lowest BCUT2D eigenvalue weighted by Crippen LogP contribution is -2.32. The number of nitrogens with one attached hydrogen (secondary N) is 2. The highest BCUT2D eigenvalue weighted by atomic mass is 35.5. The zero-order valence-electron chi connectivity index (χ0n) is 12.8. The van der Waals surface area contributed by atoms with E-state index in [9.17, 15) is 19.3 Å². The third kappa shape index (κ3) is 4.66. The minimum atomic E-state index is -0.925. The van der Waals surface area contributed by atoms with Gasteiger partial charge < -0.3 is 10.6 Å². The maximum atomic E-state index is 13.2. The Bertz CT molecular complexity index is 753. The van der Waals surface area contributed by atoms with Crippen LogP contribution >= 0.6 is 11.6 Å². The van der Waals surface area contributed by atoms with Crippen molar-refractivity contribution in [3.8, 4) is 0 Å². The summed E-state index contributed by atoms with van der Waals surface area (Å²) in [5.74, 6) is -1.23. The summed E-state index contributed by atoms with van der Waals surface area (Å²) in [4.78, 5) is 21.8. The third-order valence-corrected chi connectivity index (χ3v) is 3.60. The topological polar surface area (TPSA) is 84.3 Å². The van der Waals surface area contributed by atoms with E-state index in [1.54, 1.807) is 12.1 Å². The Kier molecular flexibility index (Phi) is 5.70. The van der Waals surface area contributed by atoms with Gasteiger partial charge in [-0.15, -0.1) is 0 Å². The summed E-state index contributed by atoms with van der Waals surface area (Å²) < 4.78 is 13.2. The standard InChI is InChI=1S/C16H15ClFN3O3/c1-10(11-2-4-12(17)5-3-11)20-16(22)9-19-13-6-7-14(18)15(8-13)21(23)24/h2-8,10,19H,9H2,1H3,(H,20,22). The molecule has 2 N–H and O–H groups in total. The lowest BCUT2D eigenvalue weighted by Gasteiger charge is -2.15. The Morgan fingerprint density at radius 1 is 1.29 bits per heavy atom. The van der Waals surface area contributed by atoms with E-state index in [0.29, 0.717) is 5.02 Å². The fourth-order valence-electron chi connectivity index (χ4n) is 2.07. The molecule has 0 radical (unpaired) electrons. The molecule has 1 atom stereocenters. The number of hydrogen-bond donors (Lipinski definition) is 2. The van der Waals surface area contributed by atoms with Crippen LogP contribution in [0.3, 0.4) is 0 Å². The van der Waals surface area contributed by atoms with Crippen LogP contribution in [-0.4, -0.2) is 17.4 Å². The van der Waals surface area contributed by atoms with Crippen molar-refractivity contribution >= 4 is 28.9 Å². The van der Waals surface area contributed by atoms with Crippen molar-refractivity contribution in [3.05, 3.63) is 69.0 Å². The Balaban J connectivity index is 1.92. The average molecular weight is 352 g/mol. The molecule has 0 fully saturated rings. The van der Waals surface area contributed by atoms with E-state index in [2.05, 4.69) is 10.6 Å². The van der Waals surface area contributed by atoms with Crippen molar-refractivity contribution in [2.24, 2.45) is 0 Å². The second-order valence-corrected chi connectivity index (χ2v) is 5.55. The lowest BCUT2D eigenvalue weighted by molar-refractivity contribution is -0.387. The Morgan fingerprint density at radius 3 is 2.58 bits per heavy atom. The highest BCUT2D eigenvalue weighted by Gasteiger charge is 2.15. The molecule has 0 aromatic heterocycles. The molecule has 0 heterocycles. The summed E-state index contributed by atoms with van der Waals surface area (Å²) in [6.45, 7) is 1.73. The van der Waals surface area contributed by atoms with Crippen LogP contribution in [0.25, 0.3) is 0 Å². The first kappa shape index (κ1) is 17.7. The molecule has 0 spiro atoms.